The minimum absolute atomic E-state index is 0.0532. The number of esters is 4. The molecule has 0 aromatic carbocycles. The van der Waals surface area contributed by atoms with Crippen molar-refractivity contribution in [1.82, 2.24) is 19.6 Å². The van der Waals surface area contributed by atoms with E-state index < -0.39 is 0 Å². The van der Waals surface area contributed by atoms with Gasteiger partial charge in [-0.25, -0.2) is 0 Å². The first-order valence-corrected chi connectivity index (χ1v) is 39.3. The van der Waals surface area contributed by atoms with Crippen LogP contribution in [0.2, 0.25) is 0 Å². The van der Waals surface area contributed by atoms with E-state index in [2.05, 4.69) is 71.4 Å². The van der Waals surface area contributed by atoms with Crippen molar-refractivity contribution < 1.29 is 38.1 Å². The summed E-state index contributed by atoms with van der Waals surface area (Å²) in [6.07, 6.45) is 59.7. The van der Waals surface area contributed by atoms with Gasteiger partial charge in [-0.3, -0.25) is 28.8 Å². The normalized spacial score (nSPS) is 13.0. The Morgan fingerprint density at radius 2 is 0.544 bits per heavy atom. The van der Waals surface area contributed by atoms with Crippen LogP contribution in [0.3, 0.4) is 0 Å². The molecule has 12 nitrogen and oxygen atoms in total. The highest BCUT2D eigenvalue weighted by atomic mass is 16.6. The lowest BCUT2D eigenvalue weighted by Crippen LogP contribution is -2.33. The summed E-state index contributed by atoms with van der Waals surface area (Å²) >= 11 is 0. The Morgan fingerprint density at radius 1 is 0.322 bits per heavy atom. The van der Waals surface area contributed by atoms with Crippen LogP contribution in [0.15, 0.2) is 12.4 Å². The molecular formula is C78H148N4O8. The Bertz CT molecular complexity index is 1660. The van der Waals surface area contributed by atoms with Crippen molar-refractivity contribution in [2.45, 2.75) is 427 Å². The van der Waals surface area contributed by atoms with Gasteiger partial charge in [0.1, 0.15) is 24.4 Å². The van der Waals surface area contributed by atoms with E-state index in [1.807, 2.05) is 10.9 Å². The van der Waals surface area contributed by atoms with Crippen molar-refractivity contribution in [3.8, 4) is 0 Å². The summed E-state index contributed by atoms with van der Waals surface area (Å²) in [6, 6.07) is 0. The number of nitrogens with zero attached hydrogens (tertiary/aromatic N) is 4. The van der Waals surface area contributed by atoms with E-state index in [-0.39, 0.29) is 74.0 Å². The fourth-order valence-electron chi connectivity index (χ4n) is 12.5. The molecule has 1 rings (SSSR count). The highest BCUT2D eigenvalue weighted by molar-refractivity contribution is 5.71. The summed E-state index contributed by atoms with van der Waals surface area (Å²) in [6.45, 7) is 21.5. The summed E-state index contributed by atoms with van der Waals surface area (Å²) in [7, 11) is 0. The second-order valence-corrected chi connectivity index (χ2v) is 27.3. The standard InChI is InChI=1S/C78H148N4O8/c1-9-17-25-33-37-45-53-71(49-41-29-21-13-5)87-75(83)57-61-80(62-58-76(84)88-72(50-42-30-22-14-6)54-46-38-34-26-18-10-2)65-66-82-69-70(67-79-82)68-81(63-59-77(85)89-73(51-43-31-23-15-7)55-47-39-35-27-19-11-3)64-60-78(86)90-74(52-44-32-24-16-8)56-48-40-36-28-20-12-4/h67,69,71-74H,9-66,68H2,1-8H3. The molecule has 528 valence electrons. The lowest BCUT2D eigenvalue weighted by Gasteiger charge is -2.24. The number of aromatic nitrogens is 2. The number of hydrogen-bond donors (Lipinski definition) is 0. The van der Waals surface area contributed by atoms with Crippen LogP contribution < -0.4 is 0 Å². The monoisotopic (exact) mass is 1270 g/mol. The van der Waals surface area contributed by atoms with Crippen LogP contribution in [0.1, 0.15) is 395 Å². The summed E-state index contributed by atoms with van der Waals surface area (Å²) in [5.74, 6) is -0.640. The number of rotatable bonds is 69. The Hall–Kier alpha value is -2.99. The van der Waals surface area contributed by atoms with Crippen molar-refractivity contribution >= 4 is 23.9 Å². The fraction of sp³-hybridized carbons (Fsp3) is 0.910. The Labute approximate surface area is 556 Å². The van der Waals surface area contributed by atoms with Crippen molar-refractivity contribution in [2.24, 2.45) is 0 Å². The molecule has 0 amide bonds. The van der Waals surface area contributed by atoms with E-state index >= 15 is 0 Å². The highest BCUT2D eigenvalue weighted by Crippen LogP contribution is 2.23. The molecule has 0 N–H and O–H groups in total. The van der Waals surface area contributed by atoms with E-state index in [0.717, 1.165) is 134 Å². The molecule has 4 unspecified atom stereocenters. The smallest absolute Gasteiger partial charge is 0.307 e. The molecule has 0 spiro atoms. The average Bonchev–Trinajstić information content (AvgIpc) is 4.03. The van der Waals surface area contributed by atoms with Gasteiger partial charge in [-0.15, -0.1) is 0 Å². The predicted molar refractivity (Wildman–Crippen MR) is 379 cm³/mol. The third kappa shape index (κ3) is 52.4. The van der Waals surface area contributed by atoms with Gasteiger partial charge in [-0.05, 0) is 103 Å². The molecule has 90 heavy (non-hydrogen) atoms. The van der Waals surface area contributed by atoms with Crippen molar-refractivity contribution in [2.75, 3.05) is 32.7 Å². The molecule has 0 saturated heterocycles. The quantitative estimate of drug-likeness (QED) is 0.0351. The van der Waals surface area contributed by atoms with Crippen molar-refractivity contribution in [3.05, 3.63) is 18.0 Å². The maximum absolute atomic E-state index is 13.8. The largest absolute Gasteiger partial charge is 0.462 e. The molecule has 1 aromatic rings. The zero-order chi connectivity index (χ0) is 65.6. The molecule has 0 aliphatic heterocycles. The minimum atomic E-state index is -0.163. The summed E-state index contributed by atoms with van der Waals surface area (Å²) in [5.41, 5.74) is 0.995. The molecule has 0 fully saturated rings. The molecular weight excluding hydrogens is 1120 g/mol. The fourth-order valence-corrected chi connectivity index (χ4v) is 12.5. The molecule has 12 heteroatoms. The van der Waals surface area contributed by atoms with Crippen LogP contribution in [0.5, 0.6) is 0 Å². The molecule has 1 aromatic heterocycles. The molecule has 1 heterocycles. The van der Waals surface area contributed by atoms with Gasteiger partial charge in [0.25, 0.3) is 0 Å². The van der Waals surface area contributed by atoms with Crippen molar-refractivity contribution in [1.29, 1.82) is 0 Å². The lowest BCUT2D eigenvalue weighted by molar-refractivity contribution is -0.152. The first-order chi connectivity index (χ1) is 44.0. The molecule has 0 bridgehead atoms. The maximum atomic E-state index is 13.8. The zero-order valence-electron chi connectivity index (χ0n) is 60.7. The summed E-state index contributed by atoms with van der Waals surface area (Å²) in [5, 5.41) is 4.85. The third-order valence-corrected chi connectivity index (χ3v) is 18.5. The molecule has 0 aliphatic rings. The Balaban J connectivity index is 3.40. The topological polar surface area (TPSA) is 130 Å². The summed E-state index contributed by atoms with van der Waals surface area (Å²) < 4.78 is 27.1. The second-order valence-electron chi connectivity index (χ2n) is 27.3. The second kappa shape index (κ2) is 63.4. The lowest BCUT2D eigenvalue weighted by atomic mass is 10.0. The number of carbonyl (C=O) groups excluding carboxylic acids is 4. The van der Waals surface area contributed by atoms with Gasteiger partial charge in [0, 0.05) is 51.0 Å². The number of ether oxygens (including phenoxy) is 4. The van der Waals surface area contributed by atoms with Crippen LogP contribution in [-0.4, -0.2) is 101 Å². The van der Waals surface area contributed by atoms with Crippen LogP contribution in [0.25, 0.3) is 0 Å². The van der Waals surface area contributed by atoms with Gasteiger partial charge in [0.05, 0.1) is 38.4 Å². The molecule has 4 atom stereocenters. The highest BCUT2D eigenvalue weighted by Gasteiger charge is 2.22. The first kappa shape index (κ1) is 85.0. The van der Waals surface area contributed by atoms with E-state index in [1.165, 1.54) is 180 Å². The SMILES string of the molecule is CCCCCCCCC(CCCCCC)OC(=O)CCN(CCC(=O)OC(CCCCCC)CCCCCCCC)CCn1cc(CN(CCC(=O)OC(CCCCCC)CCCCCCCC)CCC(=O)OC(CCCCCC)CCCCCCCC)cn1. The van der Waals surface area contributed by atoms with Crippen LogP contribution in [-0.2, 0) is 51.2 Å². The van der Waals surface area contributed by atoms with E-state index in [1.54, 1.807) is 0 Å². The van der Waals surface area contributed by atoms with Gasteiger partial charge in [0.2, 0.25) is 0 Å². The predicted octanol–water partition coefficient (Wildman–Crippen LogP) is 22.1. The van der Waals surface area contributed by atoms with Gasteiger partial charge >= 0.3 is 23.9 Å². The number of unbranched alkanes of at least 4 members (excludes halogenated alkanes) is 32. The van der Waals surface area contributed by atoms with E-state index in [0.29, 0.717) is 45.8 Å². The minimum Gasteiger partial charge on any atom is -0.462 e. The molecule has 0 aliphatic carbocycles. The van der Waals surface area contributed by atoms with Gasteiger partial charge in [-0.1, -0.05) is 261 Å². The van der Waals surface area contributed by atoms with E-state index in [4.69, 9.17) is 24.0 Å². The third-order valence-electron chi connectivity index (χ3n) is 18.5. The van der Waals surface area contributed by atoms with Gasteiger partial charge < -0.3 is 23.8 Å². The van der Waals surface area contributed by atoms with Crippen LogP contribution in [0.4, 0.5) is 0 Å². The first-order valence-electron chi connectivity index (χ1n) is 39.3. The van der Waals surface area contributed by atoms with E-state index in [9.17, 15) is 19.2 Å². The Morgan fingerprint density at radius 3 is 0.800 bits per heavy atom. The molecule has 0 radical (unpaired) electrons. The number of hydrogen-bond acceptors (Lipinski definition) is 11. The average molecular weight is 1270 g/mol. The van der Waals surface area contributed by atoms with Crippen LogP contribution >= 0.6 is 0 Å². The molecule has 0 saturated carbocycles. The van der Waals surface area contributed by atoms with Crippen LogP contribution in [0, 0.1) is 0 Å². The maximum Gasteiger partial charge on any atom is 0.307 e. The Kier molecular flexibility index (Phi) is 59.9. The number of carbonyl (C=O) groups is 4. The van der Waals surface area contributed by atoms with Crippen molar-refractivity contribution in [3.63, 3.8) is 0 Å². The zero-order valence-corrected chi connectivity index (χ0v) is 60.7. The van der Waals surface area contributed by atoms with Gasteiger partial charge in [-0.2, -0.15) is 5.10 Å². The summed E-state index contributed by atoms with van der Waals surface area (Å²) in [4.78, 5) is 59.6. The van der Waals surface area contributed by atoms with Gasteiger partial charge in [0.15, 0.2) is 0 Å².